The van der Waals surface area contributed by atoms with Gasteiger partial charge in [0, 0.05) is 12.2 Å². The minimum absolute atomic E-state index is 0.000209. The van der Waals surface area contributed by atoms with Gasteiger partial charge in [-0.15, -0.1) is 0 Å². The maximum Gasteiger partial charge on any atom is 0.471 e. The van der Waals surface area contributed by atoms with Gasteiger partial charge < -0.3 is 15.4 Å². The fourth-order valence-corrected chi connectivity index (χ4v) is 5.33. The summed E-state index contributed by atoms with van der Waals surface area (Å²) in [5.41, 5.74) is 4.27. The predicted molar refractivity (Wildman–Crippen MR) is 122 cm³/mol. The van der Waals surface area contributed by atoms with Gasteiger partial charge in [-0.3, -0.25) is 10.1 Å². The summed E-state index contributed by atoms with van der Waals surface area (Å²) in [5.74, 6) is -2.77. The fraction of sp³-hybridized carbons (Fsp3) is 0.391. The second-order valence-corrected chi connectivity index (χ2v) is 11.2. The quantitative estimate of drug-likeness (QED) is 0.593. The molecule has 1 aliphatic heterocycles. The number of carbonyl (C=O) groups excluding carboxylic acids is 2. The minimum atomic E-state index is -5.05. The van der Waals surface area contributed by atoms with Gasteiger partial charge in [0.15, 0.2) is 9.84 Å². The van der Waals surface area contributed by atoms with E-state index in [0.717, 1.165) is 6.07 Å². The first-order chi connectivity index (χ1) is 16.0. The van der Waals surface area contributed by atoms with Gasteiger partial charge in [0.2, 0.25) is 0 Å². The van der Waals surface area contributed by atoms with Crippen molar-refractivity contribution in [3.63, 3.8) is 0 Å². The number of alkyl carbamates (subject to hydrolysis) is 1. The molecule has 3 N–H and O–H groups in total. The third-order valence-corrected chi connectivity index (χ3v) is 7.03. The standard InChI is InChI=1S/C23H26F3N3O5S/c1-21(2,3)34-20(31)28-22(27,16-7-5-4-6-8-16)14-35(32,33)17-9-10-18-15(13-17)11-12-29(18)19(30)23(24,25)26/h4-10,13H,11-12,14,27H2,1-3H3,(H,28,31)/t22-/m1/s1. The molecule has 0 spiro atoms. The molecule has 0 radical (unpaired) electrons. The monoisotopic (exact) mass is 513 g/mol. The summed E-state index contributed by atoms with van der Waals surface area (Å²) in [4.78, 5) is 24.5. The van der Waals surface area contributed by atoms with Crippen molar-refractivity contribution >= 4 is 27.5 Å². The van der Waals surface area contributed by atoms with Gasteiger partial charge in [-0.05, 0) is 56.5 Å². The number of hydrogen-bond donors (Lipinski definition) is 2. The van der Waals surface area contributed by atoms with Crippen molar-refractivity contribution in [2.45, 2.75) is 49.5 Å². The number of anilines is 1. The molecule has 2 aromatic carbocycles. The van der Waals surface area contributed by atoms with Gasteiger partial charge >= 0.3 is 18.2 Å². The van der Waals surface area contributed by atoms with Crippen LogP contribution in [-0.4, -0.2) is 44.5 Å². The van der Waals surface area contributed by atoms with Gasteiger partial charge in [-0.2, -0.15) is 13.2 Å². The number of nitrogens with one attached hydrogen (secondary N) is 1. The predicted octanol–water partition coefficient (Wildman–Crippen LogP) is 3.25. The van der Waals surface area contributed by atoms with Crippen molar-refractivity contribution in [2.24, 2.45) is 5.73 Å². The maximum absolute atomic E-state index is 13.3. The summed E-state index contributed by atoms with van der Waals surface area (Å²) in [6.07, 6.45) is -5.91. The highest BCUT2D eigenvalue weighted by molar-refractivity contribution is 7.91. The van der Waals surface area contributed by atoms with Crippen LogP contribution in [0.1, 0.15) is 31.9 Å². The number of hydrogen-bond acceptors (Lipinski definition) is 6. The molecule has 190 valence electrons. The van der Waals surface area contributed by atoms with Gasteiger partial charge in [0.05, 0.1) is 10.6 Å². The summed E-state index contributed by atoms with van der Waals surface area (Å²) in [7, 11) is -4.16. The number of rotatable bonds is 5. The van der Waals surface area contributed by atoms with Crippen molar-refractivity contribution < 1.29 is 35.9 Å². The van der Waals surface area contributed by atoms with Crippen molar-refractivity contribution in [1.82, 2.24) is 5.32 Å². The Labute approximate surface area is 201 Å². The molecular formula is C23H26F3N3O5S. The van der Waals surface area contributed by atoms with E-state index in [-0.39, 0.29) is 29.1 Å². The lowest BCUT2D eigenvalue weighted by Crippen LogP contribution is -2.58. The highest BCUT2D eigenvalue weighted by atomic mass is 32.2. The Morgan fingerprint density at radius 3 is 2.29 bits per heavy atom. The average Bonchev–Trinajstić information content (AvgIpc) is 3.14. The summed E-state index contributed by atoms with van der Waals surface area (Å²) < 4.78 is 70.5. The second kappa shape index (κ2) is 9.15. The highest BCUT2D eigenvalue weighted by Gasteiger charge is 2.45. The van der Waals surface area contributed by atoms with Crippen molar-refractivity contribution in [1.29, 1.82) is 0 Å². The molecule has 1 heterocycles. The zero-order valence-corrected chi connectivity index (χ0v) is 20.2. The van der Waals surface area contributed by atoms with Gasteiger partial charge in [0.1, 0.15) is 11.3 Å². The lowest BCUT2D eigenvalue weighted by molar-refractivity contribution is -0.170. The molecule has 1 atom stereocenters. The topological polar surface area (TPSA) is 119 Å². The number of benzene rings is 2. The van der Waals surface area contributed by atoms with E-state index < -0.39 is 45.0 Å². The first kappa shape index (κ1) is 26.5. The Hall–Kier alpha value is -3.12. The van der Waals surface area contributed by atoms with Crippen LogP contribution in [0.2, 0.25) is 0 Å². The van der Waals surface area contributed by atoms with Crippen molar-refractivity contribution in [3.05, 3.63) is 59.7 Å². The van der Waals surface area contributed by atoms with Crippen molar-refractivity contribution in [2.75, 3.05) is 17.2 Å². The number of ether oxygens (including phenoxy) is 1. The lowest BCUT2D eigenvalue weighted by atomic mass is 10.0. The molecule has 0 aliphatic carbocycles. The largest absolute Gasteiger partial charge is 0.471 e. The first-order valence-corrected chi connectivity index (χ1v) is 12.3. The van der Waals surface area contributed by atoms with Gasteiger partial charge in [-0.25, -0.2) is 13.2 Å². The van der Waals surface area contributed by atoms with Crippen LogP contribution in [0.4, 0.5) is 23.7 Å². The molecule has 3 rings (SSSR count). The van der Waals surface area contributed by atoms with E-state index in [1.54, 1.807) is 51.1 Å². The molecule has 0 saturated heterocycles. The second-order valence-electron chi connectivity index (χ2n) is 9.22. The highest BCUT2D eigenvalue weighted by Crippen LogP contribution is 2.34. The van der Waals surface area contributed by atoms with Crippen LogP contribution >= 0.6 is 0 Å². The normalized spacial score (nSPS) is 15.8. The van der Waals surface area contributed by atoms with E-state index in [9.17, 15) is 31.2 Å². The lowest BCUT2D eigenvalue weighted by Gasteiger charge is -2.32. The SMILES string of the molecule is CC(C)(C)OC(=O)N[C@](N)(CS(=O)(=O)c1ccc2c(c1)CCN2C(=O)C(F)(F)F)c1ccccc1. The van der Waals surface area contributed by atoms with Crippen LogP contribution in [0, 0.1) is 0 Å². The Morgan fingerprint density at radius 1 is 1.09 bits per heavy atom. The van der Waals surface area contributed by atoms with E-state index >= 15 is 0 Å². The number of fused-ring (bicyclic) bond motifs is 1. The number of halogens is 3. The number of carbonyl (C=O) groups is 2. The summed E-state index contributed by atoms with van der Waals surface area (Å²) in [6, 6.07) is 11.6. The molecule has 0 bridgehead atoms. The van der Waals surface area contributed by atoms with Crippen LogP contribution in [0.3, 0.4) is 0 Å². The zero-order valence-electron chi connectivity index (χ0n) is 19.3. The first-order valence-electron chi connectivity index (χ1n) is 10.6. The molecular weight excluding hydrogens is 487 g/mol. The molecule has 8 nitrogen and oxygen atoms in total. The number of amides is 2. The molecule has 35 heavy (non-hydrogen) atoms. The maximum atomic E-state index is 13.3. The Bertz CT molecular complexity index is 1230. The Kier molecular flexibility index (Phi) is 6.93. The van der Waals surface area contributed by atoms with Crippen LogP contribution in [0.25, 0.3) is 0 Å². The van der Waals surface area contributed by atoms with E-state index in [2.05, 4.69) is 5.32 Å². The van der Waals surface area contributed by atoms with E-state index in [1.165, 1.54) is 12.1 Å². The van der Waals surface area contributed by atoms with Crippen LogP contribution in [0.5, 0.6) is 0 Å². The Balaban J connectivity index is 1.93. The van der Waals surface area contributed by atoms with Gasteiger partial charge in [-0.1, -0.05) is 30.3 Å². The van der Waals surface area contributed by atoms with E-state index in [4.69, 9.17) is 10.5 Å². The number of sulfone groups is 1. The summed E-state index contributed by atoms with van der Waals surface area (Å²) in [6.45, 7) is 4.70. The third-order valence-electron chi connectivity index (χ3n) is 5.22. The van der Waals surface area contributed by atoms with Crippen molar-refractivity contribution in [3.8, 4) is 0 Å². The number of alkyl halides is 3. The molecule has 1 aliphatic rings. The average molecular weight is 514 g/mol. The van der Waals surface area contributed by atoms with Crippen LogP contribution in [0.15, 0.2) is 53.4 Å². The molecule has 2 aromatic rings. The molecule has 12 heteroatoms. The number of nitrogens with two attached hydrogens (primary N) is 1. The van der Waals surface area contributed by atoms with Crippen LogP contribution in [-0.2, 0) is 31.5 Å². The summed E-state index contributed by atoms with van der Waals surface area (Å²) >= 11 is 0. The number of nitrogens with zero attached hydrogens (tertiary/aromatic N) is 1. The third kappa shape index (κ3) is 6.12. The fourth-order valence-electron chi connectivity index (χ4n) is 3.73. The molecule has 2 amide bonds. The van der Waals surface area contributed by atoms with E-state index in [0.29, 0.717) is 10.5 Å². The molecule has 0 fully saturated rings. The van der Waals surface area contributed by atoms with Gasteiger partial charge in [0.25, 0.3) is 0 Å². The zero-order chi connectivity index (χ0) is 26.2. The van der Waals surface area contributed by atoms with Crippen LogP contribution < -0.4 is 16.0 Å². The Morgan fingerprint density at radius 2 is 1.71 bits per heavy atom. The van der Waals surface area contributed by atoms with E-state index in [1.807, 2.05) is 0 Å². The molecule has 0 unspecified atom stereocenters. The smallest absolute Gasteiger partial charge is 0.444 e. The minimum Gasteiger partial charge on any atom is -0.444 e. The summed E-state index contributed by atoms with van der Waals surface area (Å²) in [5, 5.41) is 2.44. The molecule has 0 saturated carbocycles. The molecule has 0 aromatic heterocycles.